The number of thiophene rings is 1. The molecule has 16 heavy (non-hydrogen) atoms. The quantitative estimate of drug-likeness (QED) is 0.624. The van der Waals surface area contributed by atoms with Crippen molar-refractivity contribution in [2.24, 2.45) is 5.84 Å². The van der Waals surface area contributed by atoms with Crippen molar-refractivity contribution in [3.63, 3.8) is 0 Å². The number of rotatable bonds is 5. The van der Waals surface area contributed by atoms with Crippen LogP contribution in [0, 0.1) is 0 Å². The topological polar surface area (TPSA) is 38.0 Å². The number of halogens is 3. The molecule has 0 fully saturated rings. The molecular weight excluding hydrogens is 237 g/mol. The Balaban J connectivity index is 2.56. The van der Waals surface area contributed by atoms with Gasteiger partial charge in [0.2, 0.25) is 0 Å². The molecule has 92 valence electrons. The summed E-state index contributed by atoms with van der Waals surface area (Å²) in [5.74, 6) is 5.12. The van der Waals surface area contributed by atoms with Gasteiger partial charge in [0.15, 0.2) is 0 Å². The number of hydrazine groups is 1. The van der Waals surface area contributed by atoms with Crippen LogP contribution in [0.5, 0.6) is 0 Å². The molecule has 1 unspecified atom stereocenters. The number of aryl methyl sites for hydroxylation is 1. The van der Waals surface area contributed by atoms with Gasteiger partial charge >= 0.3 is 6.18 Å². The zero-order valence-electron chi connectivity index (χ0n) is 8.97. The van der Waals surface area contributed by atoms with E-state index in [0.29, 0.717) is 6.42 Å². The van der Waals surface area contributed by atoms with Crippen LogP contribution in [-0.2, 0) is 12.8 Å². The van der Waals surface area contributed by atoms with E-state index in [2.05, 4.69) is 5.43 Å². The molecule has 1 aromatic rings. The Morgan fingerprint density at radius 1 is 1.38 bits per heavy atom. The Bertz CT molecular complexity index is 322. The molecule has 1 rings (SSSR count). The molecule has 0 saturated heterocycles. The summed E-state index contributed by atoms with van der Waals surface area (Å²) in [5.41, 5.74) is 2.22. The highest BCUT2D eigenvalue weighted by atomic mass is 32.1. The van der Waals surface area contributed by atoms with Gasteiger partial charge in [-0.05, 0) is 25.0 Å². The normalized spacial score (nSPS) is 14.1. The molecule has 0 aliphatic rings. The SMILES string of the molecule is CCc1ccc(CC(CC(F)(F)F)NN)s1. The molecule has 3 N–H and O–H groups in total. The van der Waals surface area contributed by atoms with Crippen LogP contribution in [0.1, 0.15) is 23.1 Å². The molecule has 0 aromatic carbocycles. The van der Waals surface area contributed by atoms with E-state index in [0.717, 1.165) is 11.3 Å². The average molecular weight is 252 g/mol. The minimum absolute atomic E-state index is 0.320. The standard InChI is InChI=1S/C10H15F3N2S/c1-2-8-3-4-9(16-8)5-7(15-14)6-10(11,12)13/h3-4,7,15H,2,5-6,14H2,1H3. The summed E-state index contributed by atoms with van der Waals surface area (Å²) in [6.07, 6.45) is -3.85. The Morgan fingerprint density at radius 3 is 2.44 bits per heavy atom. The van der Waals surface area contributed by atoms with Crippen molar-refractivity contribution in [1.82, 2.24) is 5.43 Å². The molecule has 0 saturated carbocycles. The molecule has 6 heteroatoms. The summed E-state index contributed by atoms with van der Waals surface area (Å²) < 4.78 is 36.5. The van der Waals surface area contributed by atoms with Crippen LogP contribution in [0.2, 0.25) is 0 Å². The number of hydrogen-bond acceptors (Lipinski definition) is 3. The summed E-state index contributed by atoms with van der Waals surface area (Å²) in [7, 11) is 0. The zero-order valence-corrected chi connectivity index (χ0v) is 9.79. The van der Waals surface area contributed by atoms with Crippen LogP contribution in [0.4, 0.5) is 13.2 Å². The first-order chi connectivity index (χ1) is 7.44. The highest BCUT2D eigenvalue weighted by Gasteiger charge is 2.31. The van der Waals surface area contributed by atoms with Gasteiger partial charge in [-0.1, -0.05) is 6.92 Å². The Labute approximate surface area is 96.6 Å². The molecule has 0 aliphatic carbocycles. The maximum absolute atomic E-state index is 12.2. The summed E-state index contributed by atoms with van der Waals surface area (Å²) >= 11 is 1.54. The second-order valence-corrected chi connectivity index (χ2v) is 4.86. The summed E-state index contributed by atoms with van der Waals surface area (Å²) in [5, 5.41) is 0. The van der Waals surface area contributed by atoms with Crippen LogP contribution in [0.25, 0.3) is 0 Å². The van der Waals surface area contributed by atoms with E-state index >= 15 is 0 Å². The predicted molar refractivity (Wildman–Crippen MR) is 59.2 cm³/mol. The Morgan fingerprint density at radius 2 is 2.00 bits per heavy atom. The molecule has 1 heterocycles. The van der Waals surface area contributed by atoms with Crippen LogP contribution < -0.4 is 11.3 Å². The summed E-state index contributed by atoms with van der Waals surface area (Å²) in [4.78, 5) is 2.11. The lowest BCUT2D eigenvalue weighted by Crippen LogP contribution is -2.39. The first-order valence-electron chi connectivity index (χ1n) is 5.05. The molecule has 2 nitrogen and oxygen atoms in total. The van der Waals surface area contributed by atoms with Crippen molar-refractivity contribution < 1.29 is 13.2 Å². The van der Waals surface area contributed by atoms with Gasteiger partial charge in [-0.2, -0.15) is 13.2 Å². The predicted octanol–water partition coefficient (Wildman–Crippen LogP) is 2.64. The first-order valence-corrected chi connectivity index (χ1v) is 5.86. The lowest BCUT2D eigenvalue weighted by molar-refractivity contribution is -0.139. The molecule has 0 spiro atoms. The average Bonchev–Trinajstić information content (AvgIpc) is 2.62. The smallest absolute Gasteiger partial charge is 0.271 e. The molecule has 0 radical (unpaired) electrons. The highest BCUT2D eigenvalue weighted by Crippen LogP contribution is 2.25. The van der Waals surface area contributed by atoms with Gasteiger partial charge in [0, 0.05) is 15.8 Å². The fraction of sp³-hybridized carbons (Fsp3) is 0.600. The van der Waals surface area contributed by atoms with Crippen LogP contribution >= 0.6 is 11.3 Å². The van der Waals surface area contributed by atoms with Gasteiger partial charge in [0.05, 0.1) is 6.42 Å². The van der Waals surface area contributed by atoms with E-state index in [1.165, 1.54) is 16.2 Å². The van der Waals surface area contributed by atoms with Crippen molar-refractivity contribution in [1.29, 1.82) is 0 Å². The van der Waals surface area contributed by atoms with Gasteiger partial charge in [0.1, 0.15) is 0 Å². The van der Waals surface area contributed by atoms with E-state index in [-0.39, 0.29) is 0 Å². The second kappa shape index (κ2) is 5.65. The maximum Gasteiger partial charge on any atom is 0.390 e. The third-order valence-electron chi connectivity index (χ3n) is 2.23. The van der Waals surface area contributed by atoms with E-state index in [9.17, 15) is 13.2 Å². The lowest BCUT2D eigenvalue weighted by Gasteiger charge is -2.16. The number of alkyl halides is 3. The molecule has 0 aliphatic heterocycles. The lowest BCUT2D eigenvalue weighted by atomic mass is 10.1. The van der Waals surface area contributed by atoms with Crippen LogP contribution in [-0.4, -0.2) is 12.2 Å². The Hall–Kier alpha value is -0.590. The van der Waals surface area contributed by atoms with Gasteiger partial charge < -0.3 is 0 Å². The third-order valence-corrected chi connectivity index (χ3v) is 3.48. The van der Waals surface area contributed by atoms with Crippen molar-refractivity contribution in [2.45, 2.75) is 38.4 Å². The maximum atomic E-state index is 12.2. The summed E-state index contributed by atoms with van der Waals surface area (Å²) in [6, 6.07) is 3.06. The first kappa shape index (κ1) is 13.5. The van der Waals surface area contributed by atoms with E-state index in [4.69, 9.17) is 5.84 Å². The van der Waals surface area contributed by atoms with Gasteiger partial charge in [-0.25, -0.2) is 0 Å². The van der Waals surface area contributed by atoms with Crippen molar-refractivity contribution in [3.8, 4) is 0 Å². The van der Waals surface area contributed by atoms with Gasteiger partial charge in [-0.15, -0.1) is 11.3 Å². The number of nitrogens with one attached hydrogen (secondary N) is 1. The van der Waals surface area contributed by atoms with Gasteiger partial charge in [-0.3, -0.25) is 11.3 Å². The van der Waals surface area contributed by atoms with Crippen LogP contribution in [0.3, 0.4) is 0 Å². The molecule has 0 amide bonds. The van der Waals surface area contributed by atoms with E-state index < -0.39 is 18.6 Å². The second-order valence-electron chi connectivity index (χ2n) is 3.61. The van der Waals surface area contributed by atoms with Crippen molar-refractivity contribution in [3.05, 3.63) is 21.9 Å². The van der Waals surface area contributed by atoms with E-state index in [1.807, 2.05) is 19.1 Å². The molecule has 1 aromatic heterocycles. The Kier molecular flexibility index (Phi) is 4.76. The van der Waals surface area contributed by atoms with Crippen LogP contribution in [0.15, 0.2) is 12.1 Å². The molecular formula is C10H15F3N2S. The molecule has 1 atom stereocenters. The zero-order chi connectivity index (χ0) is 12.2. The minimum Gasteiger partial charge on any atom is -0.271 e. The largest absolute Gasteiger partial charge is 0.390 e. The third kappa shape index (κ3) is 4.51. The van der Waals surface area contributed by atoms with Crippen molar-refractivity contribution in [2.75, 3.05) is 0 Å². The monoisotopic (exact) mass is 252 g/mol. The fourth-order valence-electron chi connectivity index (χ4n) is 1.43. The molecule has 0 bridgehead atoms. The minimum atomic E-state index is -4.18. The van der Waals surface area contributed by atoms with E-state index in [1.54, 1.807) is 0 Å². The van der Waals surface area contributed by atoms with Gasteiger partial charge in [0.25, 0.3) is 0 Å². The number of nitrogens with two attached hydrogens (primary N) is 1. The highest BCUT2D eigenvalue weighted by molar-refractivity contribution is 7.11. The van der Waals surface area contributed by atoms with Crippen molar-refractivity contribution >= 4 is 11.3 Å². The fourth-order valence-corrected chi connectivity index (χ4v) is 2.47. The summed E-state index contributed by atoms with van der Waals surface area (Å²) in [6.45, 7) is 2.02. The number of hydrogen-bond donors (Lipinski definition) is 2.